The van der Waals surface area contributed by atoms with Gasteiger partial charge in [-0.3, -0.25) is 25.0 Å². The van der Waals surface area contributed by atoms with Gasteiger partial charge in [0, 0.05) is 41.4 Å². The third kappa shape index (κ3) is 5.08. The number of nitro groups is 2. The summed E-state index contributed by atoms with van der Waals surface area (Å²) in [5.41, 5.74) is 1.84. The highest BCUT2D eigenvalue weighted by Crippen LogP contribution is 2.29. The van der Waals surface area contributed by atoms with Crippen molar-refractivity contribution in [1.82, 2.24) is 0 Å². The lowest BCUT2D eigenvalue weighted by molar-refractivity contribution is -0.385. The van der Waals surface area contributed by atoms with Crippen molar-refractivity contribution in [3.8, 4) is 5.75 Å². The van der Waals surface area contributed by atoms with Gasteiger partial charge in [0.2, 0.25) is 0 Å². The standard InChI is InChI=1S/C22H16ClN3O6/c1-13(24-20-9-8-17(25(29)30)11-19(20)23)14-2-4-15(5-3-14)21(27)10-16-6-7-18(26(31)32)12-22(16)28/h2-9,11-12,24,28H,1,10H2. The molecule has 3 aromatic rings. The molecule has 162 valence electrons. The fourth-order valence-corrected chi connectivity index (χ4v) is 3.12. The Balaban J connectivity index is 1.69. The maximum absolute atomic E-state index is 12.5. The van der Waals surface area contributed by atoms with Gasteiger partial charge in [0.25, 0.3) is 11.4 Å². The number of carbonyl (C=O) groups excluding carboxylic acids is 1. The van der Waals surface area contributed by atoms with Gasteiger partial charge in [-0.15, -0.1) is 0 Å². The lowest BCUT2D eigenvalue weighted by Gasteiger charge is -2.12. The number of non-ortho nitro benzene ring substituents is 2. The molecule has 0 bridgehead atoms. The predicted molar refractivity (Wildman–Crippen MR) is 120 cm³/mol. The van der Waals surface area contributed by atoms with Crippen LogP contribution in [0.2, 0.25) is 5.02 Å². The van der Waals surface area contributed by atoms with Gasteiger partial charge in [0.1, 0.15) is 5.75 Å². The van der Waals surface area contributed by atoms with Crippen LogP contribution in [0.5, 0.6) is 5.75 Å². The summed E-state index contributed by atoms with van der Waals surface area (Å²) >= 11 is 6.08. The number of carbonyl (C=O) groups is 1. The van der Waals surface area contributed by atoms with Gasteiger partial charge in [-0.05, 0) is 17.7 Å². The van der Waals surface area contributed by atoms with Crippen LogP contribution in [0.4, 0.5) is 17.1 Å². The number of hydrogen-bond donors (Lipinski definition) is 2. The molecule has 9 nitrogen and oxygen atoms in total. The molecule has 2 N–H and O–H groups in total. The SMILES string of the molecule is C=C(Nc1ccc([N+](=O)[O-])cc1Cl)c1ccc(C(=O)Cc2ccc([N+](=O)[O-])cc2O)cc1. The fraction of sp³-hybridized carbons (Fsp3) is 0.0455. The Kier molecular flexibility index (Phi) is 6.50. The molecule has 0 unspecified atom stereocenters. The highest BCUT2D eigenvalue weighted by molar-refractivity contribution is 6.33. The minimum atomic E-state index is -0.630. The third-order valence-corrected chi connectivity index (χ3v) is 4.95. The van der Waals surface area contributed by atoms with Gasteiger partial charge in [-0.1, -0.05) is 42.4 Å². The molecule has 3 aromatic carbocycles. The number of anilines is 1. The van der Waals surface area contributed by atoms with E-state index in [0.29, 0.717) is 22.5 Å². The number of Topliss-reactive ketones (excluding diaryl/α,β-unsaturated/α-hetero) is 1. The lowest BCUT2D eigenvalue weighted by atomic mass is 10.0. The first kappa shape index (κ1) is 22.4. The zero-order chi connectivity index (χ0) is 23.4. The molecule has 0 spiro atoms. The average Bonchev–Trinajstić information content (AvgIpc) is 2.76. The van der Waals surface area contributed by atoms with Crippen LogP contribution < -0.4 is 5.32 Å². The summed E-state index contributed by atoms with van der Waals surface area (Å²) in [6.45, 7) is 3.92. The van der Waals surface area contributed by atoms with E-state index in [1.54, 1.807) is 24.3 Å². The molecular formula is C22H16ClN3O6. The van der Waals surface area contributed by atoms with Crippen molar-refractivity contribution in [3.05, 3.63) is 109 Å². The van der Waals surface area contributed by atoms with Crippen LogP contribution in [0.1, 0.15) is 21.5 Å². The van der Waals surface area contributed by atoms with Gasteiger partial charge >= 0.3 is 0 Å². The second kappa shape index (κ2) is 9.27. The molecule has 0 heterocycles. The monoisotopic (exact) mass is 453 g/mol. The number of phenolic OH excluding ortho intramolecular Hbond substituents is 1. The van der Waals surface area contributed by atoms with Gasteiger partial charge in [-0.25, -0.2) is 0 Å². The molecule has 0 aliphatic heterocycles. The van der Waals surface area contributed by atoms with E-state index in [4.69, 9.17) is 11.6 Å². The molecule has 0 amide bonds. The quantitative estimate of drug-likeness (QED) is 0.266. The van der Waals surface area contributed by atoms with Crippen LogP contribution in [0.15, 0.2) is 67.2 Å². The molecule has 32 heavy (non-hydrogen) atoms. The normalized spacial score (nSPS) is 10.4. The van der Waals surface area contributed by atoms with E-state index in [2.05, 4.69) is 11.9 Å². The Morgan fingerprint density at radius 2 is 1.50 bits per heavy atom. The largest absolute Gasteiger partial charge is 0.507 e. The van der Waals surface area contributed by atoms with Crippen molar-refractivity contribution >= 4 is 40.1 Å². The molecule has 10 heteroatoms. The van der Waals surface area contributed by atoms with E-state index >= 15 is 0 Å². The van der Waals surface area contributed by atoms with Crippen LogP contribution in [0.3, 0.4) is 0 Å². The first-order chi connectivity index (χ1) is 15.2. The van der Waals surface area contributed by atoms with Gasteiger partial charge in [-0.2, -0.15) is 0 Å². The molecule has 0 aromatic heterocycles. The molecular weight excluding hydrogens is 438 g/mol. The number of aromatic hydroxyl groups is 1. The van der Waals surface area contributed by atoms with Crippen molar-refractivity contribution in [3.63, 3.8) is 0 Å². The summed E-state index contributed by atoms with van der Waals surface area (Å²) in [6, 6.07) is 14.1. The Bertz CT molecular complexity index is 1140. The second-order valence-electron chi connectivity index (χ2n) is 6.77. The van der Waals surface area contributed by atoms with E-state index in [9.17, 15) is 30.1 Å². The zero-order valence-corrected chi connectivity index (χ0v) is 17.2. The number of nitrogens with zero attached hydrogens (tertiary/aromatic N) is 2. The zero-order valence-electron chi connectivity index (χ0n) is 16.4. The van der Waals surface area contributed by atoms with Crippen LogP contribution in [-0.2, 0) is 6.42 Å². The molecule has 0 radical (unpaired) electrons. The topological polar surface area (TPSA) is 136 Å². The van der Waals surface area contributed by atoms with E-state index in [1.807, 2.05) is 0 Å². The number of hydrogen-bond acceptors (Lipinski definition) is 7. The van der Waals surface area contributed by atoms with Crippen molar-refractivity contribution in [2.45, 2.75) is 6.42 Å². The number of rotatable bonds is 8. The lowest BCUT2D eigenvalue weighted by Crippen LogP contribution is -2.05. The number of nitro benzene ring substituents is 2. The van der Waals surface area contributed by atoms with E-state index in [1.165, 1.54) is 30.3 Å². The first-order valence-electron chi connectivity index (χ1n) is 9.15. The number of benzene rings is 3. The van der Waals surface area contributed by atoms with Crippen LogP contribution in [-0.4, -0.2) is 20.7 Å². The number of ketones is 1. The minimum Gasteiger partial charge on any atom is -0.507 e. The molecule has 0 aliphatic carbocycles. The highest BCUT2D eigenvalue weighted by atomic mass is 35.5. The van der Waals surface area contributed by atoms with Crippen LogP contribution >= 0.6 is 11.6 Å². The summed E-state index contributed by atoms with van der Waals surface area (Å²) in [4.78, 5) is 32.9. The molecule has 0 atom stereocenters. The van der Waals surface area contributed by atoms with E-state index < -0.39 is 9.85 Å². The molecule has 0 aliphatic rings. The van der Waals surface area contributed by atoms with Crippen molar-refractivity contribution in [2.75, 3.05) is 5.32 Å². The summed E-state index contributed by atoms with van der Waals surface area (Å²) in [6.07, 6.45) is -0.124. The van der Waals surface area contributed by atoms with Crippen molar-refractivity contribution in [2.24, 2.45) is 0 Å². The van der Waals surface area contributed by atoms with Crippen molar-refractivity contribution < 1.29 is 19.7 Å². The van der Waals surface area contributed by atoms with Gasteiger partial charge < -0.3 is 10.4 Å². The van der Waals surface area contributed by atoms with Crippen molar-refractivity contribution in [1.29, 1.82) is 0 Å². The van der Waals surface area contributed by atoms with Crippen LogP contribution in [0.25, 0.3) is 5.70 Å². The highest BCUT2D eigenvalue weighted by Gasteiger charge is 2.15. The second-order valence-corrected chi connectivity index (χ2v) is 7.18. The smallest absolute Gasteiger partial charge is 0.273 e. The maximum atomic E-state index is 12.5. The molecule has 0 fully saturated rings. The Morgan fingerprint density at radius 1 is 0.938 bits per heavy atom. The first-order valence-corrected chi connectivity index (χ1v) is 9.53. The fourth-order valence-electron chi connectivity index (χ4n) is 2.90. The molecule has 0 saturated carbocycles. The van der Waals surface area contributed by atoms with E-state index in [-0.39, 0.29) is 39.9 Å². The Morgan fingerprint density at radius 3 is 2.06 bits per heavy atom. The van der Waals surface area contributed by atoms with Gasteiger partial charge in [0.15, 0.2) is 5.78 Å². The predicted octanol–water partition coefficient (Wildman–Crippen LogP) is 5.37. The number of halogens is 1. The average molecular weight is 454 g/mol. The minimum absolute atomic E-state index is 0.124. The number of phenols is 1. The van der Waals surface area contributed by atoms with Gasteiger partial charge in [0.05, 0.1) is 26.6 Å². The summed E-state index contributed by atoms with van der Waals surface area (Å²) in [5, 5.41) is 34.6. The Hall–Kier alpha value is -4.24. The third-order valence-electron chi connectivity index (χ3n) is 4.64. The summed E-state index contributed by atoms with van der Waals surface area (Å²) in [5.74, 6) is -0.598. The molecule has 3 rings (SSSR count). The summed E-state index contributed by atoms with van der Waals surface area (Å²) in [7, 11) is 0. The molecule has 0 saturated heterocycles. The Labute approximate surface area is 186 Å². The van der Waals surface area contributed by atoms with Crippen LogP contribution in [0, 0.1) is 20.2 Å². The number of nitrogens with one attached hydrogen (secondary N) is 1. The maximum Gasteiger partial charge on any atom is 0.273 e. The van der Waals surface area contributed by atoms with E-state index in [0.717, 1.165) is 6.07 Å². The summed E-state index contributed by atoms with van der Waals surface area (Å²) < 4.78 is 0.